The third-order valence-electron chi connectivity index (χ3n) is 5.02. The zero-order chi connectivity index (χ0) is 23.7. The van der Waals surface area contributed by atoms with Crippen molar-refractivity contribution in [3.05, 3.63) is 59.9 Å². The third-order valence-corrected chi connectivity index (χ3v) is 5.02. The highest BCUT2D eigenvalue weighted by molar-refractivity contribution is 6.01. The molecule has 0 aliphatic carbocycles. The maximum absolute atomic E-state index is 13.3. The molecular weight excluding hydrogens is 406 g/mol. The number of hydrogen-bond acceptors (Lipinski definition) is 5. The molecule has 0 aliphatic rings. The molecule has 0 saturated carbocycles. The minimum absolute atomic E-state index is 0.0364. The van der Waals surface area contributed by atoms with Crippen LogP contribution in [0.25, 0.3) is 0 Å². The van der Waals surface area contributed by atoms with Crippen LogP contribution in [0.5, 0.6) is 0 Å². The Morgan fingerprint density at radius 2 is 1.78 bits per heavy atom. The Labute approximate surface area is 190 Å². The van der Waals surface area contributed by atoms with Crippen molar-refractivity contribution in [1.82, 2.24) is 10.3 Å². The summed E-state index contributed by atoms with van der Waals surface area (Å²) in [7, 11) is 0. The van der Waals surface area contributed by atoms with Gasteiger partial charge in [-0.2, -0.15) is 0 Å². The average molecular weight is 440 g/mol. The number of hydrogen-bond donors (Lipinski definition) is 1. The number of ether oxygens (including phenoxy) is 1. The van der Waals surface area contributed by atoms with E-state index in [9.17, 15) is 14.4 Å². The number of nitrogens with zero attached hydrogens (tertiary/aromatic N) is 2. The fourth-order valence-electron chi connectivity index (χ4n) is 3.30. The van der Waals surface area contributed by atoms with Crippen LogP contribution < -0.4 is 10.2 Å². The number of amides is 2. The zero-order valence-corrected chi connectivity index (χ0v) is 19.6. The summed E-state index contributed by atoms with van der Waals surface area (Å²) < 4.78 is 4.92. The molecule has 32 heavy (non-hydrogen) atoms. The number of aromatic nitrogens is 1. The maximum Gasteiger partial charge on any atom is 0.307 e. The van der Waals surface area contributed by atoms with Crippen LogP contribution in [-0.4, -0.2) is 35.9 Å². The monoisotopic (exact) mass is 439 g/mol. The van der Waals surface area contributed by atoms with Crippen LogP contribution in [0.1, 0.15) is 64.6 Å². The first-order chi connectivity index (χ1) is 15.2. The zero-order valence-electron chi connectivity index (χ0n) is 19.6. The van der Waals surface area contributed by atoms with Gasteiger partial charge < -0.3 is 10.1 Å². The van der Waals surface area contributed by atoms with E-state index in [1.165, 1.54) is 4.90 Å². The smallest absolute Gasteiger partial charge is 0.307 e. The molecule has 0 spiro atoms. The topological polar surface area (TPSA) is 88.6 Å². The largest absolute Gasteiger partial charge is 0.466 e. The normalized spacial score (nSPS) is 12.0. The molecule has 2 aromatic rings. The van der Waals surface area contributed by atoms with E-state index in [2.05, 4.69) is 31.1 Å². The molecule has 1 atom stereocenters. The van der Waals surface area contributed by atoms with E-state index < -0.39 is 6.04 Å². The second kappa shape index (κ2) is 11.4. The highest BCUT2D eigenvalue weighted by Crippen LogP contribution is 2.31. The second-order valence-electron chi connectivity index (χ2n) is 8.45. The first-order valence-electron chi connectivity index (χ1n) is 10.9. The molecule has 0 aliphatic heterocycles. The Hall–Kier alpha value is -3.22. The lowest BCUT2D eigenvalue weighted by Crippen LogP contribution is -2.44. The van der Waals surface area contributed by atoms with Gasteiger partial charge in [-0.25, -0.2) is 0 Å². The van der Waals surface area contributed by atoms with Crippen LogP contribution in [0.15, 0.2) is 48.8 Å². The first-order valence-corrected chi connectivity index (χ1v) is 10.9. The van der Waals surface area contributed by atoms with Gasteiger partial charge in [0.05, 0.1) is 13.0 Å². The fraction of sp³-hybridized carbons (Fsp3) is 0.440. The lowest BCUT2D eigenvalue weighted by atomic mass is 9.87. The van der Waals surface area contributed by atoms with Gasteiger partial charge in [0, 0.05) is 36.6 Å². The molecule has 0 fully saturated rings. The minimum atomic E-state index is -0.918. The van der Waals surface area contributed by atoms with E-state index in [1.807, 2.05) is 24.3 Å². The van der Waals surface area contributed by atoms with Gasteiger partial charge >= 0.3 is 5.97 Å². The third kappa shape index (κ3) is 6.64. The van der Waals surface area contributed by atoms with Gasteiger partial charge in [0.25, 0.3) is 0 Å². The molecule has 7 heteroatoms. The molecule has 0 unspecified atom stereocenters. The number of esters is 1. The van der Waals surface area contributed by atoms with E-state index >= 15 is 0 Å². The summed E-state index contributed by atoms with van der Waals surface area (Å²) >= 11 is 0. The molecule has 172 valence electrons. The van der Waals surface area contributed by atoms with Crippen LogP contribution in [0.4, 0.5) is 5.69 Å². The molecule has 2 amide bonds. The number of carbonyl (C=O) groups excluding carboxylic acids is 3. The van der Waals surface area contributed by atoms with Crippen molar-refractivity contribution in [3.63, 3.8) is 0 Å². The SMILES string of the molecule is CCOC(=O)CCNC(=O)[C@@H](c1cccnc1)N(C(=O)CC)c1ccc(C(C)(C)C)cc1. The van der Waals surface area contributed by atoms with Crippen molar-refractivity contribution >= 4 is 23.5 Å². The van der Waals surface area contributed by atoms with E-state index in [0.29, 0.717) is 11.3 Å². The van der Waals surface area contributed by atoms with Crippen LogP contribution >= 0.6 is 0 Å². The molecule has 2 rings (SSSR count). The Bertz CT molecular complexity index is 905. The summed E-state index contributed by atoms with van der Waals surface area (Å²) in [6, 6.07) is 10.3. The van der Waals surface area contributed by atoms with E-state index in [0.717, 1.165) is 5.56 Å². The number of benzene rings is 1. The lowest BCUT2D eigenvalue weighted by Gasteiger charge is -2.31. The Balaban J connectivity index is 2.39. The van der Waals surface area contributed by atoms with Crippen molar-refractivity contribution in [2.24, 2.45) is 0 Å². The van der Waals surface area contributed by atoms with Gasteiger partial charge in [-0.1, -0.05) is 45.9 Å². The van der Waals surface area contributed by atoms with Gasteiger partial charge in [-0.3, -0.25) is 24.3 Å². The van der Waals surface area contributed by atoms with Gasteiger partial charge in [-0.15, -0.1) is 0 Å². The molecule has 1 aromatic carbocycles. The van der Waals surface area contributed by atoms with Crippen LogP contribution in [0, 0.1) is 0 Å². The number of carbonyl (C=O) groups is 3. The second-order valence-corrected chi connectivity index (χ2v) is 8.45. The molecule has 1 aromatic heterocycles. The van der Waals surface area contributed by atoms with Crippen molar-refractivity contribution in [3.8, 4) is 0 Å². The molecule has 1 heterocycles. The van der Waals surface area contributed by atoms with Gasteiger partial charge in [0.15, 0.2) is 0 Å². The van der Waals surface area contributed by atoms with Gasteiger partial charge in [0.2, 0.25) is 11.8 Å². The summed E-state index contributed by atoms with van der Waals surface area (Å²) in [4.78, 5) is 43.6. The number of nitrogens with one attached hydrogen (secondary N) is 1. The van der Waals surface area contributed by atoms with Crippen molar-refractivity contribution < 1.29 is 19.1 Å². The lowest BCUT2D eigenvalue weighted by molar-refractivity contribution is -0.143. The summed E-state index contributed by atoms with van der Waals surface area (Å²) in [6.07, 6.45) is 3.48. The quantitative estimate of drug-likeness (QED) is 0.598. The molecule has 0 saturated heterocycles. The Morgan fingerprint density at radius 3 is 2.31 bits per heavy atom. The van der Waals surface area contributed by atoms with Gasteiger partial charge in [-0.05, 0) is 36.1 Å². The number of rotatable bonds is 9. The van der Waals surface area contributed by atoms with Crippen molar-refractivity contribution in [2.75, 3.05) is 18.1 Å². The predicted molar refractivity (Wildman–Crippen MR) is 124 cm³/mol. The van der Waals surface area contributed by atoms with Crippen LogP contribution in [0.3, 0.4) is 0 Å². The first kappa shape index (κ1) is 25.0. The number of pyridine rings is 1. The molecule has 0 bridgehead atoms. The maximum atomic E-state index is 13.3. The highest BCUT2D eigenvalue weighted by Gasteiger charge is 2.32. The van der Waals surface area contributed by atoms with E-state index in [-0.39, 0.29) is 49.2 Å². The average Bonchev–Trinajstić information content (AvgIpc) is 2.77. The van der Waals surface area contributed by atoms with Gasteiger partial charge in [0.1, 0.15) is 6.04 Å². The standard InChI is InChI=1S/C25H33N3O4/c1-6-21(29)28(20-12-10-19(11-13-20)25(3,4)5)23(18-9-8-15-26-17-18)24(31)27-16-14-22(30)32-7-2/h8-13,15,17,23H,6-7,14,16H2,1-5H3,(H,27,31)/t23-/m1/s1. The Kier molecular flexibility index (Phi) is 8.93. The molecular formula is C25H33N3O4. The fourth-order valence-corrected chi connectivity index (χ4v) is 3.30. The van der Waals surface area contributed by atoms with E-state index in [4.69, 9.17) is 4.74 Å². The molecule has 7 nitrogen and oxygen atoms in total. The predicted octanol–water partition coefficient (Wildman–Crippen LogP) is 3.93. The van der Waals surface area contributed by atoms with Crippen molar-refractivity contribution in [2.45, 2.75) is 58.9 Å². The summed E-state index contributed by atoms with van der Waals surface area (Å²) in [5.74, 6) is -0.961. The van der Waals surface area contributed by atoms with E-state index in [1.54, 1.807) is 38.4 Å². The van der Waals surface area contributed by atoms with Crippen LogP contribution in [-0.2, 0) is 24.5 Å². The molecule has 0 radical (unpaired) electrons. The molecule has 1 N–H and O–H groups in total. The summed E-state index contributed by atoms with van der Waals surface area (Å²) in [5, 5.41) is 2.77. The summed E-state index contributed by atoms with van der Waals surface area (Å²) in [5.41, 5.74) is 2.30. The van der Waals surface area contributed by atoms with Crippen molar-refractivity contribution in [1.29, 1.82) is 0 Å². The van der Waals surface area contributed by atoms with Crippen LogP contribution in [0.2, 0.25) is 0 Å². The number of anilines is 1. The summed E-state index contributed by atoms with van der Waals surface area (Å²) in [6.45, 7) is 10.2. The minimum Gasteiger partial charge on any atom is -0.466 e. The highest BCUT2D eigenvalue weighted by atomic mass is 16.5. The Morgan fingerprint density at radius 1 is 1.09 bits per heavy atom.